The molecule has 0 unspecified atom stereocenters. The Morgan fingerprint density at radius 2 is 2.00 bits per heavy atom. The molecule has 0 aliphatic carbocycles. The van der Waals surface area contributed by atoms with Crippen LogP contribution in [0.15, 0.2) is 47.8 Å². The summed E-state index contributed by atoms with van der Waals surface area (Å²) in [4.78, 5) is 20.6. The topological polar surface area (TPSA) is 47.8 Å². The first-order valence-electron chi connectivity index (χ1n) is 6.50. The second-order valence-electron chi connectivity index (χ2n) is 4.99. The average Bonchev–Trinajstić information content (AvgIpc) is 2.46. The van der Waals surface area contributed by atoms with Gasteiger partial charge in [0.1, 0.15) is 0 Å². The van der Waals surface area contributed by atoms with E-state index < -0.39 is 0 Å². The largest absolute Gasteiger partial charge is 0.294 e. The summed E-state index contributed by atoms with van der Waals surface area (Å²) in [5, 5.41) is 0.603. The summed E-state index contributed by atoms with van der Waals surface area (Å²) in [6, 6.07) is 7.94. The molecule has 0 N–H and O–H groups in total. The summed E-state index contributed by atoms with van der Waals surface area (Å²) >= 11 is 0. The fraction of sp³-hybridized carbons (Fsp3) is 0.188. The summed E-state index contributed by atoms with van der Waals surface area (Å²) < 4.78 is 1.63. The van der Waals surface area contributed by atoms with E-state index in [0.29, 0.717) is 17.4 Å². The van der Waals surface area contributed by atoms with Crippen LogP contribution in [0.25, 0.3) is 10.9 Å². The summed E-state index contributed by atoms with van der Waals surface area (Å²) in [5.41, 5.74) is 4.19. The van der Waals surface area contributed by atoms with E-state index in [1.165, 1.54) is 11.1 Å². The van der Waals surface area contributed by atoms with Crippen LogP contribution >= 0.6 is 0 Å². The zero-order chi connectivity index (χ0) is 14.1. The lowest BCUT2D eigenvalue weighted by Crippen LogP contribution is -2.21. The molecule has 3 rings (SSSR count). The lowest BCUT2D eigenvalue weighted by atomic mass is 10.1. The molecule has 0 aliphatic rings. The van der Waals surface area contributed by atoms with Gasteiger partial charge >= 0.3 is 0 Å². The Kier molecular flexibility index (Phi) is 3.06. The van der Waals surface area contributed by atoms with Gasteiger partial charge in [-0.1, -0.05) is 18.2 Å². The summed E-state index contributed by atoms with van der Waals surface area (Å²) in [5.74, 6) is 0. The predicted octanol–water partition coefficient (Wildman–Crippen LogP) is 2.46. The van der Waals surface area contributed by atoms with Crippen molar-refractivity contribution in [1.82, 2.24) is 14.5 Å². The molecule has 0 bridgehead atoms. The Bertz CT molecular complexity index is 836. The first kappa shape index (κ1) is 12.5. The smallest absolute Gasteiger partial charge is 0.261 e. The van der Waals surface area contributed by atoms with Gasteiger partial charge in [-0.15, -0.1) is 0 Å². The number of nitrogens with zero attached hydrogens (tertiary/aromatic N) is 3. The number of rotatable bonds is 2. The molecule has 0 atom stereocenters. The Morgan fingerprint density at radius 3 is 2.80 bits per heavy atom. The van der Waals surface area contributed by atoms with Gasteiger partial charge in [-0.05, 0) is 36.6 Å². The number of aromatic nitrogens is 3. The maximum absolute atomic E-state index is 12.4. The van der Waals surface area contributed by atoms with Gasteiger partial charge < -0.3 is 0 Å². The Balaban J connectivity index is 2.04. The normalized spacial score (nSPS) is 10.9. The molecule has 100 valence electrons. The molecule has 0 aliphatic heterocycles. The van der Waals surface area contributed by atoms with Crippen molar-refractivity contribution in [3.05, 3.63) is 70.0 Å². The number of aryl methyl sites for hydroxylation is 2. The van der Waals surface area contributed by atoms with Gasteiger partial charge in [0, 0.05) is 6.20 Å². The second-order valence-corrected chi connectivity index (χ2v) is 4.99. The van der Waals surface area contributed by atoms with E-state index in [9.17, 15) is 4.79 Å². The van der Waals surface area contributed by atoms with Gasteiger partial charge in [-0.25, -0.2) is 4.98 Å². The SMILES string of the molecule is Cc1ccc(Cn2cnc3cnccc3c2=O)cc1C. The van der Waals surface area contributed by atoms with Crippen LogP contribution in [0.2, 0.25) is 0 Å². The van der Waals surface area contributed by atoms with Crippen LogP contribution in [0.3, 0.4) is 0 Å². The van der Waals surface area contributed by atoms with Crippen LogP contribution in [0, 0.1) is 13.8 Å². The molecule has 0 fully saturated rings. The molecule has 4 heteroatoms. The molecule has 4 nitrogen and oxygen atoms in total. The standard InChI is InChI=1S/C16H15N3O/c1-11-3-4-13(7-12(11)2)9-19-10-18-15-8-17-6-5-14(15)16(19)20/h3-8,10H,9H2,1-2H3. The Labute approximate surface area is 116 Å². The molecule has 20 heavy (non-hydrogen) atoms. The molecule has 0 saturated carbocycles. The Morgan fingerprint density at radius 1 is 1.15 bits per heavy atom. The van der Waals surface area contributed by atoms with E-state index in [1.807, 2.05) is 6.07 Å². The van der Waals surface area contributed by atoms with Gasteiger partial charge in [0.2, 0.25) is 0 Å². The number of hydrogen-bond acceptors (Lipinski definition) is 3. The molecular weight excluding hydrogens is 250 g/mol. The maximum atomic E-state index is 12.4. The van der Waals surface area contributed by atoms with Crippen molar-refractivity contribution in [2.24, 2.45) is 0 Å². The van der Waals surface area contributed by atoms with Crippen LogP contribution in [0.4, 0.5) is 0 Å². The van der Waals surface area contributed by atoms with Crippen molar-refractivity contribution >= 4 is 10.9 Å². The van der Waals surface area contributed by atoms with E-state index in [0.717, 1.165) is 5.56 Å². The van der Waals surface area contributed by atoms with Crippen molar-refractivity contribution in [1.29, 1.82) is 0 Å². The second kappa shape index (κ2) is 4.89. The molecule has 1 aromatic carbocycles. The minimum atomic E-state index is -0.0318. The quantitative estimate of drug-likeness (QED) is 0.715. The van der Waals surface area contributed by atoms with Crippen molar-refractivity contribution in [3.8, 4) is 0 Å². The van der Waals surface area contributed by atoms with Crippen molar-refractivity contribution in [3.63, 3.8) is 0 Å². The van der Waals surface area contributed by atoms with Crippen molar-refractivity contribution in [2.45, 2.75) is 20.4 Å². The highest BCUT2D eigenvalue weighted by atomic mass is 16.1. The molecular formula is C16H15N3O. The molecule has 2 aromatic heterocycles. The maximum Gasteiger partial charge on any atom is 0.261 e. The minimum absolute atomic E-state index is 0.0318. The van der Waals surface area contributed by atoms with Crippen LogP contribution < -0.4 is 5.56 Å². The summed E-state index contributed by atoms with van der Waals surface area (Å²) in [6.45, 7) is 4.69. The molecule has 0 amide bonds. The van der Waals surface area contributed by atoms with Crippen LogP contribution in [-0.2, 0) is 6.54 Å². The fourth-order valence-corrected chi connectivity index (χ4v) is 2.22. The van der Waals surface area contributed by atoms with E-state index in [2.05, 4.69) is 35.9 Å². The summed E-state index contributed by atoms with van der Waals surface area (Å²) in [6.07, 6.45) is 4.81. The fourth-order valence-electron chi connectivity index (χ4n) is 2.22. The zero-order valence-corrected chi connectivity index (χ0v) is 11.5. The third-order valence-corrected chi connectivity index (χ3v) is 3.55. The van der Waals surface area contributed by atoms with Gasteiger partial charge in [0.25, 0.3) is 5.56 Å². The third-order valence-electron chi connectivity index (χ3n) is 3.55. The summed E-state index contributed by atoms with van der Waals surface area (Å²) in [7, 11) is 0. The van der Waals surface area contributed by atoms with Crippen LogP contribution in [-0.4, -0.2) is 14.5 Å². The number of benzene rings is 1. The lowest BCUT2D eigenvalue weighted by Gasteiger charge is -2.08. The minimum Gasteiger partial charge on any atom is -0.294 e. The highest BCUT2D eigenvalue weighted by Crippen LogP contribution is 2.11. The van der Waals surface area contributed by atoms with Gasteiger partial charge in [0.15, 0.2) is 0 Å². The third kappa shape index (κ3) is 2.20. The van der Waals surface area contributed by atoms with Crippen LogP contribution in [0.5, 0.6) is 0 Å². The number of hydrogen-bond donors (Lipinski definition) is 0. The monoisotopic (exact) mass is 265 g/mol. The zero-order valence-electron chi connectivity index (χ0n) is 11.5. The molecule has 2 heterocycles. The lowest BCUT2D eigenvalue weighted by molar-refractivity contribution is 0.747. The van der Waals surface area contributed by atoms with Crippen molar-refractivity contribution in [2.75, 3.05) is 0 Å². The molecule has 3 aromatic rings. The average molecular weight is 265 g/mol. The van der Waals surface area contributed by atoms with Gasteiger partial charge in [-0.2, -0.15) is 0 Å². The van der Waals surface area contributed by atoms with Crippen molar-refractivity contribution < 1.29 is 0 Å². The highest BCUT2D eigenvalue weighted by molar-refractivity contribution is 5.75. The predicted molar refractivity (Wildman–Crippen MR) is 78.8 cm³/mol. The number of fused-ring (bicyclic) bond motifs is 1. The molecule has 0 spiro atoms. The first-order chi connectivity index (χ1) is 9.65. The van der Waals surface area contributed by atoms with Gasteiger partial charge in [-0.3, -0.25) is 14.3 Å². The Hall–Kier alpha value is -2.49. The van der Waals surface area contributed by atoms with E-state index in [4.69, 9.17) is 0 Å². The van der Waals surface area contributed by atoms with E-state index >= 15 is 0 Å². The molecule has 0 saturated heterocycles. The molecule has 0 radical (unpaired) electrons. The number of pyridine rings is 1. The first-order valence-corrected chi connectivity index (χ1v) is 6.50. The van der Waals surface area contributed by atoms with Crippen LogP contribution in [0.1, 0.15) is 16.7 Å². The highest BCUT2D eigenvalue weighted by Gasteiger charge is 2.05. The van der Waals surface area contributed by atoms with Gasteiger partial charge in [0.05, 0.1) is 30.0 Å². The van der Waals surface area contributed by atoms with E-state index in [-0.39, 0.29) is 5.56 Å². The van der Waals surface area contributed by atoms with E-state index in [1.54, 1.807) is 29.4 Å².